The average molecular weight is 364 g/mol. The molecule has 7 heteroatoms. The molecule has 6 nitrogen and oxygen atoms in total. The van der Waals surface area contributed by atoms with Gasteiger partial charge in [-0.1, -0.05) is 32.4 Å². The Morgan fingerprint density at radius 1 is 1.28 bits per heavy atom. The van der Waals surface area contributed by atoms with Crippen LogP contribution in [0.25, 0.3) is 0 Å². The van der Waals surface area contributed by atoms with Gasteiger partial charge in [-0.25, -0.2) is 4.68 Å². The van der Waals surface area contributed by atoms with Gasteiger partial charge in [0.2, 0.25) is 0 Å². The lowest BCUT2D eigenvalue weighted by atomic mass is 9.91. The van der Waals surface area contributed by atoms with Crippen LogP contribution >= 0.6 is 11.6 Å². The Hall–Kier alpha value is -2.34. The number of aromatic nitrogens is 2. The standard InChI is InChI=1S/C18H22ClN3O3/c1-12-9-13(5-6-14(12)19)25-11-22-8-7-15(21-22)17(24)20-10-16(23)18(2,3)4/h5-9H,10-11H2,1-4H3,(H,20,24). The van der Waals surface area contributed by atoms with E-state index in [1.807, 2.05) is 33.8 Å². The smallest absolute Gasteiger partial charge is 0.272 e. The van der Waals surface area contributed by atoms with E-state index in [0.29, 0.717) is 10.8 Å². The number of nitrogens with zero attached hydrogens (tertiary/aromatic N) is 2. The molecule has 1 aromatic carbocycles. The van der Waals surface area contributed by atoms with E-state index < -0.39 is 11.3 Å². The molecule has 0 saturated heterocycles. The minimum atomic E-state index is -0.489. The van der Waals surface area contributed by atoms with Crippen LogP contribution in [-0.4, -0.2) is 28.0 Å². The van der Waals surface area contributed by atoms with Gasteiger partial charge in [-0.15, -0.1) is 0 Å². The van der Waals surface area contributed by atoms with Gasteiger partial charge in [0, 0.05) is 16.6 Å². The second-order valence-electron chi connectivity index (χ2n) is 6.78. The number of carbonyl (C=O) groups excluding carboxylic acids is 2. The molecule has 1 amide bonds. The molecule has 25 heavy (non-hydrogen) atoms. The van der Waals surface area contributed by atoms with Gasteiger partial charge in [-0.05, 0) is 36.8 Å². The summed E-state index contributed by atoms with van der Waals surface area (Å²) in [6, 6.07) is 6.94. The molecule has 2 rings (SSSR count). The van der Waals surface area contributed by atoms with Crippen LogP contribution in [0.2, 0.25) is 5.02 Å². The van der Waals surface area contributed by atoms with Crippen molar-refractivity contribution in [2.24, 2.45) is 5.41 Å². The molecule has 0 bridgehead atoms. The van der Waals surface area contributed by atoms with Crippen LogP contribution in [0.15, 0.2) is 30.5 Å². The third kappa shape index (κ3) is 5.32. The molecule has 1 aromatic heterocycles. The van der Waals surface area contributed by atoms with Crippen molar-refractivity contribution in [2.45, 2.75) is 34.4 Å². The van der Waals surface area contributed by atoms with Crippen LogP contribution in [0.4, 0.5) is 0 Å². The molecule has 134 valence electrons. The first-order valence-corrected chi connectivity index (χ1v) is 8.28. The van der Waals surface area contributed by atoms with E-state index in [9.17, 15) is 9.59 Å². The number of Topliss-reactive ketones (excluding diaryl/α,β-unsaturated/α-hetero) is 1. The molecule has 1 heterocycles. The van der Waals surface area contributed by atoms with Crippen LogP contribution in [0.1, 0.15) is 36.8 Å². The third-order valence-corrected chi connectivity index (χ3v) is 4.04. The van der Waals surface area contributed by atoms with E-state index in [-0.39, 0.29) is 24.8 Å². The van der Waals surface area contributed by atoms with Gasteiger partial charge in [0.25, 0.3) is 5.91 Å². The summed E-state index contributed by atoms with van der Waals surface area (Å²) in [4.78, 5) is 23.9. The fourth-order valence-electron chi connectivity index (χ4n) is 1.92. The Balaban J connectivity index is 1.89. The maximum absolute atomic E-state index is 12.1. The monoisotopic (exact) mass is 363 g/mol. The lowest BCUT2D eigenvalue weighted by Crippen LogP contribution is -2.35. The number of nitrogens with one attached hydrogen (secondary N) is 1. The van der Waals surface area contributed by atoms with E-state index in [4.69, 9.17) is 16.3 Å². The summed E-state index contributed by atoms with van der Waals surface area (Å²) in [6.07, 6.45) is 1.64. The summed E-state index contributed by atoms with van der Waals surface area (Å²) in [5, 5.41) is 7.41. The zero-order valence-corrected chi connectivity index (χ0v) is 15.6. The normalized spacial score (nSPS) is 11.2. The minimum absolute atomic E-state index is 0.0181. The van der Waals surface area contributed by atoms with Gasteiger partial charge in [0.05, 0.1) is 6.54 Å². The van der Waals surface area contributed by atoms with Crippen molar-refractivity contribution in [1.29, 1.82) is 0 Å². The van der Waals surface area contributed by atoms with Crippen molar-refractivity contribution in [3.63, 3.8) is 0 Å². The summed E-state index contributed by atoms with van der Waals surface area (Å²) in [7, 11) is 0. The first-order chi connectivity index (χ1) is 11.7. The van der Waals surface area contributed by atoms with E-state index in [1.54, 1.807) is 24.4 Å². The molecule has 1 N–H and O–H groups in total. The highest BCUT2D eigenvalue weighted by molar-refractivity contribution is 6.31. The van der Waals surface area contributed by atoms with Crippen molar-refractivity contribution in [1.82, 2.24) is 15.1 Å². The molecule has 0 atom stereocenters. The Morgan fingerprint density at radius 2 is 2.00 bits per heavy atom. The van der Waals surface area contributed by atoms with Crippen molar-refractivity contribution in [3.05, 3.63) is 46.7 Å². The lowest BCUT2D eigenvalue weighted by Gasteiger charge is -2.16. The Kier molecular flexibility index (Phi) is 5.85. The maximum atomic E-state index is 12.1. The Labute approximate surface area is 152 Å². The number of amides is 1. The first kappa shape index (κ1) is 19.0. The first-order valence-electron chi connectivity index (χ1n) is 7.91. The average Bonchev–Trinajstić information content (AvgIpc) is 3.01. The third-order valence-electron chi connectivity index (χ3n) is 3.61. The molecule has 0 aliphatic carbocycles. The summed E-state index contributed by atoms with van der Waals surface area (Å²) in [6.45, 7) is 7.47. The van der Waals surface area contributed by atoms with Crippen LogP contribution in [-0.2, 0) is 11.5 Å². The topological polar surface area (TPSA) is 73.2 Å². The molecular formula is C18H22ClN3O3. The van der Waals surface area contributed by atoms with E-state index >= 15 is 0 Å². The molecular weight excluding hydrogens is 342 g/mol. The van der Waals surface area contributed by atoms with Gasteiger partial charge >= 0.3 is 0 Å². The van der Waals surface area contributed by atoms with E-state index in [0.717, 1.165) is 5.56 Å². The molecule has 0 saturated carbocycles. The van der Waals surface area contributed by atoms with Crippen molar-refractivity contribution < 1.29 is 14.3 Å². The number of rotatable bonds is 6. The summed E-state index contributed by atoms with van der Waals surface area (Å²) in [5.74, 6) is 0.236. The number of hydrogen-bond acceptors (Lipinski definition) is 4. The number of halogens is 1. The summed E-state index contributed by atoms with van der Waals surface area (Å²) in [5.41, 5.74) is 0.665. The van der Waals surface area contributed by atoms with Crippen molar-refractivity contribution in [2.75, 3.05) is 6.54 Å². The SMILES string of the molecule is Cc1cc(OCn2ccc(C(=O)NCC(=O)C(C)(C)C)n2)ccc1Cl. The van der Waals surface area contributed by atoms with Crippen molar-refractivity contribution in [3.8, 4) is 5.75 Å². The number of ether oxygens (including phenoxy) is 1. The largest absolute Gasteiger partial charge is 0.471 e. The van der Waals surface area contributed by atoms with Crippen LogP contribution in [0.3, 0.4) is 0 Å². The second kappa shape index (κ2) is 7.70. The second-order valence-corrected chi connectivity index (χ2v) is 7.19. The summed E-state index contributed by atoms with van der Waals surface area (Å²) < 4.78 is 7.12. The number of benzene rings is 1. The Morgan fingerprint density at radius 3 is 2.64 bits per heavy atom. The molecule has 0 aliphatic rings. The molecule has 0 unspecified atom stereocenters. The van der Waals surface area contributed by atoms with Crippen molar-refractivity contribution >= 4 is 23.3 Å². The zero-order valence-electron chi connectivity index (χ0n) is 14.8. The minimum Gasteiger partial charge on any atom is -0.471 e. The predicted molar refractivity (Wildman–Crippen MR) is 95.8 cm³/mol. The highest BCUT2D eigenvalue weighted by Crippen LogP contribution is 2.21. The predicted octanol–water partition coefficient (Wildman–Crippen LogP) is 3.23. The van der Waals surface area contributed by atoms with E-state index in [2.05, 4.69) is 10.4 Å². The maximum Gasteiger partial charge on any atom is 0.272 e. The Bertz CT molecular complexity index is 778. The number of hydrogen-bond donors (Lipinski definition) is 1. The summed E-state index contributed by atoms with van der Waals surface area (Å²) >= 11 is 5.97. The van der Waals surface area contributed by atoms with Crippen LogP contribution in [0.5, 0.6) is 5.75 Å². The van der Waals surface area contributed by atoms with Gasteiger partial charge in [-0.3, -0.25) is 9.59 Å². The quantitative estimate of drug-likeness (QED) is 0.855. The lowest BCUT2D eigenvalue weighted by molar-refractivity contribution is -0.125. The number of carbonyl (C=O) groups is 2. The molecule has 0 fully saturated rings. The molecule has 0 radical (unpaired) electrons. The van der Waals surface area contributed by atoms with Gasteiger partial charge < -0.3 is 10.1 Å². The molecule has 0 aliphatic heterocycles. The van der Waals surface area contributed by atoms with Crippen LogP contribution in [0, 0.1) is 12.3 Å². The fraction of sp³-hybridized carbons (Fsp3) is 0.389. The number of ketones is 1. The van der Waals surface area contributed by atoms with Crippen LogP contribution < -0.4 is 10.1 Å². The highest BCUT2D eigenvalue weighted by atomic mass is 35.5. The molecule has 2 aromatic rings. The van der Waals surface area contributed by atoms with Gasteiger partial charge in [0.1, 0.15) is 11.4 Å². The van der Waals surface area contributed by atoms with Gasteiger partial charge in [0.15, 0.2) is 12.5 Å². The molecule has 0 spiro atoms. The van der Waals surface area contributed by atoms with E-state index in [1.165, 1.54) is 4.68 Å². The fourth-order valence-corrected chi connectivity index (χ4v) is 2.04. The number of aryl methyl sites for hydroxylation is 1. The van der Waals surface area contributed by atoms with Gasteiger partial charge in [-0.2, -0.15) is 5.10 Å². The zero-order chi connectivity index (χ0) is 18.6. The highest BCUT2D eigenvalue weighted by Gasteiger charge is 2.22.